The highest BCUT2D eigenvalue weighted by molar-refractivity contribution is 5.44. The van der Waals surface area contributed by atoms with Gasteiger partial charge in [0, 0.05) is 49.4 Å². The van der Waals surface area contributed by atoms with Gasteiger partial charge in [0.05, 0.1) is 23.8 Å². The largest absolute Gasteiger partial charge is 0.381 e. The van der Waals surface area contributed by atoms with E-state index in [2.05, 4.69) is 72.3 Å². The Morgan fingerprint density at radius 3 is 2.44 bits per heavy atom. The minimum Gasteiger partial charge on any atom is -0.381 e. The van der Waals surface area contributed by atoms with Gasteiger partial charge in [0.25, 0.3) is 0 Å². The molecule has 0 unspecified atom stereocenters. The highest BCUT2D eigenvalue weighted by atomic mass is 16.5. The van der Waals surface area contributed by atoms with Gasteiger partial charge in [-0.3, -0.25) is 4.98 Å². The van der Waals surface area contributed by atoms with Gasteiger partial charge in [0.15, 0.2) is 0 Å². The van der Waals surface area contributed by atoms with E-state index in [1.807, 2.05) is 12.3 Å². The van der Waals surface area contributed by atoms with Gasteiger partial charge in [-0.1, -0.05) is 50.3 Å². The predicted molar refractivity (Wildman–Crippen MR) is 131 cm³/mol. The summed E-state index contributed by atoms with van der Waals surface area (Å²) in [6.45, 7) is 9.67. The van der Waals surface area contributed by atoms with Crippen molar-refractivity contribution in [3.05, 3.63) is 71.3 Å². The number of hydrogen-bond donors (Lipinski definition) is 1. The molecular formula is C27H35N5O2. The van der Waals surface area contributed by atoms with E-state index >= 15 is 0 Å². The molecule has 7 nitrogen and oxygen atoms in total. The van der Waals surface area contributed by atoms with Crippen LogP contribution in [0.5, 0.6) is 0 Å². The van der Waals surface area contributed by atoms with Crippen molar-refractivity contribution >= 4 is 0 Å². The lowest BCUT2D eigenvalue weighted by Crippen LogP contribution is -2.63. The van der Waals surface area contributed by atoms with E-state index in [9.17, 15) is 5.11 Å². The van der Waals surface area contributed by atoms with Crippen LogP contribution in [0.1, 0.15) is 67.8 Å². The average Bonchev–Trinajstić information content (AvgIpc) is 3.34. The average molecular weight is 462 g/mol. The van der Waals surface area contributed by atoms with Crippen LogP contribution in [0, 0.1) is 5.41 Å². The monoisotopic (exact) mass is 461 g/mol. The van der Waals surface area contributed by atoms with Crippen LogP contribution in [0.2, 0.25) is 0 Å². The SMILES string of the molecule is CC(C)c1ccc([C@](O)(c2cncc(-n3cc(C4CCOCC4)nn3)c2)C2(C)CN(C)C2)cc1. The van der Waals surface area contributed by atoms with Crippen molar-refractivity contribution in [1.82, 2.24) is 24.9 Å². The van der Waals surface area contributed by atoms with Crippen molar-refractivity contribution in [1.29, 1.82) is 0 Å². The molecule has 2 aromatic heterocycles. The molecule has 7 heteroatoms. The summed E-state index contributed by atoms with van der Waals surface area (Å²) in [4.78, 5) is 6.77. The molecule has 4 heterocycles. The topological polar surface area (TPSA) is 76.3 Å². The number of aromatic nitrogens is 4. The number of pyridine rings is 1. The van der Waals surface area contributed by atoms with Crippen molar-refractivity contribution in [2.24, 2.45) is 5.41 Å². The van der Waals surface area contributed by atoms with E-state index in [0.29, 0.717) is 11.8 Å². The zero-order valence-electron chi connectivity index (χ0n) is 20.6. The van der Waals surface area contributed by atoms with Crippen LogP contribution in [0.15, 0.2) is 48.9 Å². The third-order valence-corrected chi connectivity index (χ3v) is 7.66. The molecule has 1 aromatic carbocycles. The van der Waals surface area contributed by atoms with Crippen LogP contribution in [0.4, 0.5) is 0 Å². The van der Waals surface area contributed by atoms with Gasteiger partial charge in [-0.2, -0.15) is 0 Å². The van der Waals surface area contributed by atoms with Crippen LogP contribution in [0.3, 0.4) is 0 Å². The highest BCUT2D eigenvalue weighted by Gasteiger charge is 2.55. The first-order valence-electron chi connectivity index (χ1n) is 12.3. The van der Waals surface area contributed by atoms with Crippen LogP contribution in [-0.2, 0) is 10.3 Å². The Labute approximate surface area is 201 Å². The Morgan fingerprint density at radius 1 is 1.09 bits per heavy atom. The summed E-state index contributed by atoms with van der Waals surface area (Å²) in [6.07, 6.45) is 7.50. The second-order valence-corrected chi connectivity index (χ2v) is 10.6. The second-order valence-electron chi connectivity index (χ2n) is 10.6. The lowest BCUT2D eigenvalue weighted by Gasteiger charge is -2.55. The molecule has 0 amide bonds. The molecule has 1 atom stereocenters. The number of hydrogen-bond acceptors (Lipinski definition) is 6. The molecule has 180 valence electrons. The number of likely N-dealkylation sites (tertiary alicyclic amines) is 1. The fraction of sp³-hybridized carbons (Fsp3) is 0.519. The van der Waals surface area contributed by atoms with Crippen molar-refractivity contribution in [3.63, 3.8) is 0 Å². The Morgan fingerprint density at radius 2 is 1.79 bits per heavy atom. The predicted octanol–water partition coefficient (Wildman–Crippen LogP) is 3.87. The molecule has 0 spiro atoms. The van der Waals surface area contributed by atoms with E-state index < -0.39 is 5.60 Å². The lowest BCUT2D eigenvalue weighted by molar-refractivity contribution is -0.127. The maximum Gasteiger partial charge on any atom is 0.124 e. The molecule has 2 fully saturated rings. The summed E-state index contributed by atoms with van der Waals surface area (Å²) in [7, 11) is 2.09. The Kier molecular flexibility index (Phi) is 6.04. The molecule has 5 rings (SSSR count). The number of aliphatic hydroxyl groups is 1. The van der Waals surface area contributed by atoms with Crippen molar-refractivity contribution in [3.8, 4) is 5.69 Å². The standard InChI is InChI=1S/C27H35N5O2/c1-19(2)20-5-7-22(8-6-20)27(33,26(3)17-31(4)18-26)23-13-24(15-28-14-23)32-16-25(29-30-32)21-9-11-34-12-10-21/h5-8,13-16,19,21,33H,9-12,17-18H2,1-4H3/t27-/m0/s1. The first kappa shape index (κ1) is 23.1. The minimum absolute atomic E-state index is 0.336. The molecule has 0 radical (unpaired) electrons. The first-order valence-corrected chi connectivity index (χ1v) is 12.3. The Balaban J connectivity index is 1.53. The van der Waals surface area contributed by atoms with E-state index in [0.717, 1.165) is 61.7 Å². The van der Waals surface area contributed by atoms with Gasteiger partial charge >= 0.3 is 0 Å². The Hall–Kier alpha value is -2.61. The molecule has 3 aromatic rings. The second kappa shape index (κ2) is 8.87. The van der Waals surface area contributed by atoms with E-state index in [1.165, 1.54) is 5.56 Å². The summed E-state index contributed by atoms with van der Waals surface area (Å²) in [5.74, 6) is 0.814. The lowest BCUT2D eigenvalue weighted by atomic mass is 9.62. The van der Waals surface area contributed by atoms with E-state index in [4.69, 9.17) is 4.74 Å². The number of rotatable bonds is 6. The maximum atomic E-state index is 12.4. The third kappa shape index (κ3) is 3.96. The van der Waals surface area contributed by atoms with Crippen molar-refractivity contribution in [2.45, 2.75) is 51.0 Å². The quantitative estimate of drug-likeness (QED) is 0.601. The summed E-state index contributed by atoms with van der Waals surface area (Å²) in [5.41, 5.74) is 3.21. The fourth-order valence-corrected chi connectivity index (χ4v) is 5.68. The first-order chi connectivity index (χ1) is 16.3. The van der Waals surface area contributed by atoms with Gasteiger partial charge in [-0.05, 0) is 43.0 Å². The summed E-state index contributed by atoms with van der Waals surface area (Å²) in [6, 6.07) is 10.4. The minimum atomic E-state index is -1.18. The zero-order valence-corrected chi connectivity index (χ0v) is 20.6. The van der Waals surface area contributed by atoms with Crippen molar-refractivity contribution < 1.29 is 9.84 Å². The molecule has 0 saturated carbocycles. The van der Waals surface area contributed by atoms with Crippen LogP contribution >= 0.6 is 0 Å². The number of nitrogens with zero attached hydrogens (tertiary/aromatic N) is 5. The molecule has 0 bridgehead atoms. The molecule has 2 aliphatic rings. The van der Waals surface area contributed by atoms with Crippen LogP contribution in [-0.4, -0.2) is 63.3 Å². The molecule has 2 aliphatic heterocycles. The van der Waals surface area contributed by atoms with E-state index in [-0.39, 0.29) is 5.41 Å². The fourth-order valence-electron chi connectivity index (χ4n) is 5.68. The molecule has 1 N–H and O–H groups in total. The van der Waals surface area contributed by atoms with Crippen LogP contribution < -0.4 is 0 Å². The zero-order chi connectivity index (χ0) is 23.9. The number of benzene rings is 1. The molecule has 0 aliphatic carbocycles. The third-order valence-electron chi connectivity index (χ3n) is 7.66. The highest BCUT2D eigenvalue weighted by Crippen LogP contribution is 2.50. The Bertz CT molecular complexity index is 1130. The summed E-state index contributed by atoms with van der Waals surface area (Å²) < 4.78 is 7.26. The van der Waals surface area contributed by atoms with Crippen molar-refractivity contribution in [2.75, 3.05) is 33.4 Å². The molecular weight excluding hydrogens is 426 g/mol. The normalized spacial score (nSPS) is 20.8. The van der Waals surface area contributed by atoms with Gasteiger partial charge in [-0.15, -0.1) is 5.10 Å². The van der Waals surface area contributed by atoms with Gasteiger partial charge in [0.2, 0.25) is 0 Å². The van der Waals surface area contributed by atoms with E-state index in [1.54, 1.807) is 17.1 Å². The summed E-state index contributed by atoms with van der Waals surface area (Å²) in [5, 5.41) is 21.3. The smallest absolute Gasteiger partial charge is 0.124 e. The maximum absolute atomic E-state index is 12.4. The van der Waals surface area contributed by atoms with Gasteiger partial charge < -0.3 is 14.7 Å². The number of ether oxygens (including phenoxy) is 1. The summed E-state index contributed by atoms with van der Waals surface area (Å²) >= 11 is 0. The van der Waals surface area contributed by atoms with Crippen LogP contribution in [0.25, 0.3) is 5.69 Å². The molecule has 2 saturated heterocycles. The van der Waals surface area contributed by atoms with Gasteiger partial charge in [-0.25, -0.2) is 4.68 Å². The van der Waals surface area contributed by atoms with Gasteiger partial charge in [0.1, 0.15) is 5.60 Å². The molecule has 34 heavy (non-hydrogen) atoms.